The van der Waals surface area contributed by atoms with Crippen molar-refractivity contribution >= 4 is 0 Å². The minimum atomic E-state index is -0.911. The summed E-state index contributed by atoms with van der Waals surface area (Å²) in [6.07, 6.45) is 0.529. The van der Waals surface area contributed by atoms with Crippen molar-refractivity contribution in [1.82, 2.24) is 0 Å². The predicted octanol–water partition coefficient (Wildman–Crippen LogP) is 1.94. The van der Waals surface area contributed by atoms with Crippen molar-refractivity contribution < 1.29 is 14.3 Å². The number of nitriles is 1. The molecule has 1 aliphatic rings. The average molecular weight is 221 g/mol. The maximum absolute atomic E-state index is 10.2. The summed E-state index contributed by atoms with van der Waals surface area (Å²) < 4.78 is 10.7. The fraction of sp³-hybridized carbons (Fsp3) is 0.583. The van der Waals surface area contributed by atoms with Gasteiger partial charge in [0.15, 0.2) is 0 Å². The maximum Gasteiger partial charge on any atom is 0.134 e. The van der Waals surface area contributed by atoms with E-state index in [0.717, 1.165) is 12.2 Å². The molecule has 1 aromatic heterocycles. The highest BCUT2D eigenvalue weighted by Crippen LogP contribution is 2.40. The van der Waals surface area contributed by atoms with E-state index in [0.29, 0.717) is 18.8 Å². The standard InChI is InChI=1S/C12H15NO3/c1-9-3-4-10(16-9)11(14)12(7-13)5-2-6-15-8-12/h3-4,11,14H,2,5-6,8H2,1H3. The third-order valence-corrected chi connectivity index (χ3v) is 3.05. The zero-order valence-corrected chi connectivity index (χ0v) is 9.27. The molecule has 4 nitrogen and oxygen atoms in total. The summed E-state index contributed by atoms with van der Waals surface area (Å²) in [5.41, 5.74) is -0.859. The minimum Gasteiger partial charge on any atom is -0.464 e. The molecule has 1 aliphatic heterocycles. The number of aliphatic hydroxyl groups excluding tert-OH is 1. The molecule has 0 aromatic carbocycles. The van der Waals surface area contributed by atoms with E-state index in [1.54, 1.807) is 12.1 Å². The van der Waals surface area contributed by atoms with Crippen LogP contribution in [0.5, 0.6) is 0 Å². The number of rotatable bonds is 2. The first kappa shape index (κ1) is 11.2. The van der Waals surface area contributed by atoms with Crippen LogP contribution in [0.4, 0.5) is 0 Å². The summed E-state index contributed by atoms with van der Waals surface area (Å²) in [6.45, 7) is 2.74. The van der Waals surface area contributed by atoms with Crippen molar-refractivity contribution in [1.29, 1.82) is 5.26 Å². The molecular formula is C12H15NO3. The molecule has 1 fully saturated rings. The zero-order chi connectivity index (χ0) is 11.6. The Labute approximate surface area is 94.4 Å². The first-order chi connectivity index (χ1) is 7.68. The summed E-state index contributed by atoms with van der Waals surface area (Å²) >= 11 is 0. The van der Waals surface area contributed by atoms with Gasteiger partial charge in [0.1, 0.15) is 23.0 Å². The van der Waals surface area contributed by atoms with Crippen LogP contribution in [0.3, 0.4) is 0 Å². The van der Waals surface area contributed by atoms with Crippen LogP contribution in [-0.2, 0) is 4.74 Å². The van der Waals surface area contributed by atoms with Gasteiger partial charge in [-0.15, -0.1) is 0 Å². The highest BCUT2D eigenvalue weighted by atomic mass is 16.5. The van der Waals surface area contributed by atoms with Crippen LogP contribution in [0.1, 0.15) is 30.5 Å². The van der Waals surface area contributed by atoms with E-state index in [-0.39, 0.29) is 6.61 Å². The zero-order valence-electron chi connectivity index (χ0n) is 9.27. The van der Waals surface area contributed by atoms with Crippen molar-refractivity contribution in [3.05, 3.63) is 23.7 Å². The van der Waals surface area contributed by atoms with Crippen LogP contribution < -0.4 is 0 Å². The topological polar surface area (TPSA) is 66.4 Å². The molecule has 2 atom stereocenters. The van der Waals surface area contributed by atoms with E-state index in [2.05, 4.69) is 6.07 Å². The molecule has 2 unspecified atom stereocenters. The molecular weight excluding hydrogens is 206 g/mol. The lowest BCUT2D eigenvalue weighted by Gasteiger charge is -2.33. The van der Waals surface area contributed by atoms with Gasteiger partial charge >= 0.3 is 0 Å². The number of aliphatic hydroxyl groups is 1. The highest BCUT2D eigenvalue weighted by Gasteiger charge is 2.42. The lowest BCUT2D eigenvalue weighted by molar-refractivity contribution is -0.0582. The number of furan rings is 1. The number of aryl methyl sites for hydroxylation is 1. The molecule has 86 valence electrons. The molecule has 1 N–H and O–H groups in total. The molecule has 2 rings (SSSR count). The summed E-state index contributed by atoms with van der Waals surface area (Å²) in [6, 6.07) is 5.69. The summed E-state index contributed by atoms with van der Waals surface area (Å²) in [7, 11) is 0. The third-order valence-electron chi connectivity index (χ3n) is 3.05. The van der Waals surface area contributed by atoms with Crippen LogP contribution in [0.15, 0.2) is 16.5 Å². The van der Waals surface area contributed by atoms with Crippen LogP contribution in [0.2, 0.25) is 0 Å². The number of ether oxygens (including phenoxy) is 1. The second-order valence-corrected chi connectivity index (χ2v) is 4.28. The largest absolute Gasteiger partial charge is 0.464 e. The van der Waals surface area contributed by atoms with Gasteiger partial charge < -0.3 is 14.3 Å². The lowest BCUT2D eigenvalue weighted by atomic mass is 9.78. The van der Waals surface area contributed by atoms with E-state index in [4.69, 9.17) is 9.15 Å². The van der Waals surface area contributed by atoms with Crippen LogP contribution in [-0.4, -0.2) is 18.3 Å². The maximum atomic E-state index is 10.2. The highest BCUT2D eigenvalue weighted by molar-refractivity contribution is 5.16. The van der Waals surface area contributed by atoms with E-state index >= 15 is 0 Å². The molecule has 1 aromatic rings. The molecule has 0 saturated carbocycles. The van der Waals surface area contributed by atoms with E-state index in [1.807, 2.05) is 6.92 Å². The summed E-state index contributed by atoms with van der Waals surface area (Å²) in [5.74, 6) is 1.18. The average Bonchev–Trinajstić information content (AvgIpc) is 2.76. The van der Waals surface area contributed by atoms with Gasteiger partial charge in [-0.1, -0.05) is 0 Å². The monoisotopic (exact) mass is 221 g/mol. The Morgan fingerprint density at radius 1 is 1.56 bits per heavy atom. The molecule has 2 heterocycles. The van der Waals surface area contributed by atoms with Gasteiger partial charge in [0, 0.05) is 6.61 Å². The number of hydrogen-bond donors (Lipinski definition) is 1. The van der Waals surface area contributed by atoms with Crippen molar-refractivity contribution in [3.63, 3.8) is 0 Å². The quantitative estimate of drug-likeness (QED) is 0.828. The lowest BCUT2D eigenvalue weighted by Crippen LogP contribution is -2.36. The molecule has 0 amide bonds. The minimum absolute atomic E-state index is 0.268. The van der Waals surface area contributed by atoms with Crippen molar-refractivity contribution in [2.24, 2.45) is 5.41 Å². The Morgan fingerprint density at radius 2 is 2.38 bits per heavy atom. The Balaban J connectivity index is 2.24. The molecule has 0 aliphatic carbocycles. The first-order valence-electron chi connectivity index (χ1n) is 5.41. The Kier molecular flexibility index (Phi) is 2.99. The van der Waals surface area contributed by atoms with E-state index in [9.17, 15) is 10.4 Å². The van der Waals surface area contributed by atoms with Gasteiger partial charge in [-0.05, 0) is 31.9 Å². The third kappa shape index (κ3) is 1.84. The molecule has 0 radical (unpaired) electrons. The van der Waals surface area contributed by atoms with Gasteiger partial charge in [0.05, 0.1) is 12.7 Å². The SMILES string of the molecule is Cc1ccc(C(O)C2(C#N)CCCOC2)o1. The van der Waals surface area contributed by atoms with E-state index < -0.39 is 11.5 Å². The summed E-state index contributed by atoms with van der Waals surface area (Å²) in [5, 5.41) is 19.5. The smallest absolute Gasteiger partial charge is 0.134 e. The molecule has 1 saturated heterocycles. The van der Waals surface area contributed by atoms with Crippen LogP contribution >= 0.6 is 0 Å². The Bertz CT molecular complexity index is 399. The molecule has 4 heteroatoms. The van der Waals surface area contributed by atoms with Crippen molar-refractivity contribution in [2.45, 2.75) is 25.9 Å². The molecule has 16 heavy (non-hydrogen) atoms. The second kappa shape index (κ2) is 4.28. The van der Waals surface area contributed by atoms with Gasteiger partial charge in [-0.3, -0.25) is 0 Å². The van der Waals surface area contributed by atoms with E-state index in [1.165, 1.54) is 0 Å². The number of nitrogens with zero attached hydrogens (tertiary/aromatic N) is 1. The fourth-order valence-electron chi connectivity index (χ4n) is 2.05. The van der Waals surface area contributed by atoms with Crippen molar-refractivity contribution in [3.8, 4) is 6.07 Å². The van der Waals surface area contributed by atoms with Crippen LogP contribution in [0.25, 0.3) is 0 Å². The summed E-state index contributed by atoms with van der Waals surface area (Å²) in [4.78, 5) is 0. The second-order valence-electron chi connectivity index (χ2n) is 4.28. The Hall–Kier alpha value is -1.31. The number of hydrogen-bond acceptors (Lipinski definition) is 4. The normalized spacial score (nSPS) is 27.3. The Morgan fingerprint density at radius 3 is 2.88 bits per heavy atom. The first-order valence-corrected chi connectivity index (χ1v) is 5.41. The van der Waals surface area contributed by atoms with Crippen molar-refractivity contribution in [2.75, 3.05) is 13.2 Å². The van der Waals surface area contributed by atoms with Gasteiger partial charge in [0.25, 0.3) is 0 Å². The predicted molar refractivity (Wildman–Crippen MR) is 56.5 cm³/mol. The molecule has 0 bridgehead atoms. The van der Waals surface area contributed by atoms with Gasteiger partial charge in [-0.25, -0.2) is 0 Å². The fourth-order valence-corrected chi connectivity index (χ4v) is 2.05. The van der Waals surface area contributed by atoms with Gasteiger partial charge in [-0.2, -0.15) is 5.26 Å². The molecule has 0 spiro atoms. The van der Waals surface area contributed by atoms with Gasteiger partial charge in [0.2, 0.25) is 0 Å². The van der Waals surface area contributed by atoms with Crippen LogP contribution in [0, 0.1) is 23.7 Å².